The molecule has 2 aromatic carbocycles. The number of carboxylic acids is 1. The maximum absolute atomic E-state index is 12.9. The Balaban J connectivity index is 1.60. The van der Waals surface area contributed by atoms with Crippen molar-refractivity contribution < 1.29 is 31.6 Å². The number of aliphatic carboxylic acids is 1. The van der Waals surface area contributed by atoms with Gasteiger partial charge >= 0.3 is 5.97 Å². The molecule has 2 N–H and O–H groups in total. The van der Waals surface area contributed by atoms with Crippen molar-refractivity contribution in [2.24, 2.45) is 5.92 Å². The second-order valence-electron chi connectivity index (χ2n) is 7.40. The first-order valence-corrected chi connectivity index (χ1v) is 10.8. The fraction of sp³-hybridized carbons (Fsp3) is 0.238. The molecule has 1 aliphatic carbocycles. The number of hydrogen-bond acceptors (Lipinski definition) is 5. The van der Waals surface area contributed by atoms with E-state index in [9.17, 15) is 27.1 Å². The molecule has 162 valence electrons. The molecule has 7 nitrogen and oxygen atoms in total. The number of aromatic nitrogens is 1. The summed E-state index contributed by atoms with van der Waals surface area (Å²) in [5.74, 6) is -2.81. The summed E-state index contributed by atoms with van der Waals surface area (Å²) in [6, 6.07) is 15.2. The number of sulfonamides is 1. The van der Waals surface area contributed by atoms with Crippen molar-refractivity contribution >= 4 is 16.0 Å². The lowest BCUT2D eigenvalue weighted by Crippen LogP contribution is -2.45. The molecule has 0 amide bonds. The molecule has 1 aromatic heterocycles. The van der Waals surface area contributed by atoms with Crippen molar-refractivity contribution in [2.45, 2.75) is 29.7 Å². The zero-order chi connectivity index (χ0) is 22.4. The van der Waals surface area contributed by atoms with Gasteiger partial charge in [-0.3, -0.25) is 4.79 Å². The van der Waals surface area contributed by atoms with E-state index in [4.69, 9.17) is 0 Å². The summed E-state index contributed by atoms with van der Waals surface area (Å²) >= 11 is 0. The fourth-order valence-electron chi connectivity index (χ4n) is 3.92. The summed E-state index contributed by atoms with van der Waals surface area (Å²) in [4.78, 5) is 11.9. The van der Waals surface area contributed by atoms with Gasteiger partial charge in [-0.2, -0.15) is 4.72 Å². The van der Waals surface area contributed by atoms with Crippen LogP contribution in [-0.2, 0) is 14.8 Å². The second-order valence-corrected chi connectivity index (χ2v) is 9.08. The van der Waals surface area contributed by atoms with Gasteiger partial charge in [0.05, 0.1) is 4.90 Å². The number of carboxylic acid groups (broad SMARTS) is 1. The van der Waals surface area contributed by atoms with Gasteiger partial charge in [0.25, 0.3) is 6.43 Å². The van der Waals surface area contributed by atoms with Crippen LogP contribution in [0.15, 0.2) is 70.1 Å². The average Bonchev–Trinajstić information content (AvgIpc) is 3.10. The van der Waals surface area contributed by atoms with Crippen LogP contribution in [-0.4, -0.2) is 30.2 Å². The molecule has 4 rings (SSSR count). The van der Waals surface area contributed by atoms with E-state index in [1.807, 2.05) is 0 Å². The number of rotatable bonds is 7. The van der Waals surface area contributed by atoms with Crippen LogP contribution < -0.4 is 4.72 Å². The number of benzene rings is 2. The molecule has 0 bridgehead atoms. The molecule has 0 aliphatic heterocycles. The molecule has 1 saturated carbocycles. The van der Waals surface area contributed by atoms with Gasteiger partial charge in [-0.25, -0.2) is 17.2 Å². The summed E-state index contributed by atoms with van der Waals surface area (Å²) in [5, 5.41) is 13.4. The zero-order valence-electron chi connectivity index (χ0n) is 16.2. The lowest BCUT2D eigenvalue weighted by molar-refractivity contribution is -0.140. The Hall–Kier alpha value is -3.11. The van der Waals surface area contributed by atoms with Crippen molar-refractivity contribution in [2.75, 3.05) is 0 Å². The van der Waals surface area contributed by atoms with Crippen LogP contribution in [0.5, 0.6) is 0 Å². The summed E-state index contributed by atoms with van der Waals surface area (Å²) in [6.45, 7) is 1.68. The Bertz CT molecular complexity index is 1210. The van der Waals surface area contributed by atoms with Gasteiger partial charge < -0.3 is 9.63 Å². The Morgan fingerprint density at radius 1 is 1.16 bits per heavy atom. The third-order valence-corrected chi connectivity index (χ3v) is 7.12. The minimum absolute atomic E-state index is 0.133. The summed E-state index contributed by atoms with van der Waals surface area (Å²) in [7, 11) is -4.18. The van der Waals surface area contributed by atoms with Crippen LogP contribution in [0.2, 0.25) is 0 Å². The summed E-state index contributed by atoms with van der Waals surface area (Å²) < 4.78 is 58.1. The highest BCUT2D eigenvalue weighted by Gasteiger charge is 2.70. The van der Waals surface area contributed by atoms with Gasteiger partial charge in [0.2, 0.25) is 15.8 Å². The van der Waals surface area contributed by atoms with E-state index >= 15 is 0 Å². The lowest BCUT2D eigenvalue weighted by atomic mass is 10.1. The number of carbonyl (C=O) groups is 1. The van der Waals surface area contributed by atoms with Crippen molar-refractivity contribution in [3.8, 4) is 11.3 Å². The highest BCUT2D eigenvalue weighted by atomic mass is 32.2. The quantitative estimate of drug-likeness (QED) is 0.569. The molecule has 3 aromatic rings. The van der Waals surface area contributed by atoms with E-state index < -0.39 is 45.6 Å². The molecule has 1 fully saturated rings. The van der Waals surface area contributed by atoms with Crippen molar-refractivity contribution in [1.29, 1.82) is 0 Å². The highest BCUT2D eigenvalue weighted by Crippen LogP contribution is 2.58. The molecule has 1 heterocycles. The summed E-state index contributed by atoms with van der Waals surface area (Å²) in [6.07, 6.45) is -2.81. The molecular weight excluding hydrogens is 430 g/mol. The third-order valence-electron chi connectivity index (χ3n) is 5.62. The van der Waals surface area contributed by atoms with Gasteiger partial charge in [-0.15, -0.1) is 0 Å². The van der Waals surface area contributed by atoms with Crippen molar-refractivity contribution in [3.63, 3.8) is 0 Å². The van der Waals surface area contributed by atoms with E-state index in [2.05, 4.69) is 14.4 Å². The van der Waals surface area contributed by atoms with E-state index in [-0.39, 0.29) is 10.6 Å². The maximum Gasteiger partial charge on any atom is 0.325 e. The fourth-order valence-corrected chi connectivity index (χ4v) is 5.37. The number of hydrogen-bond donors (Lipinski definition) is 2. The van der Waals surface area contributed by atoms with E-state index in [1.54, 1.807) is 37.3 Å². The van der Waals surface area contributed by atoms with Crippen LogP contribution in [0.4, 0.5) is 8.78 Å². The predicted molar refractivity (Wildman–Crippen MR) is 106 cm³/mol. The largest absolute Gasteiger partial charge is 0.480 e. The van der Waals surface area contributed by atoms with E-state index in [0.29, 0.717) is 5.56 Å². The molecule has 0 spiro atoms. The molecule has 0 radical (unpaired) electrons. The van der Waals surface area contributed by atoms with Crippen LogP contribution in [0.25, 0.3) is 11.3 Å². The third kappa shape index (κ3) is 3.61. The number of halogens is 2. The normalized spacial score (nSPS) is 23.1. The number of nitrogens with zero attached hydrogens (tertiary/aromatic N) is 1. The highest BCUT2D eigenvalue weighted by molar-refractivity contribution is 7.89. The molecular formula is C21H18F2N2O5S. The lowest BCUT2D eigenvalue weighted by Gasteiger charge is -2.16. The van der Waals surface area contributed by atoms with Gasteiger partial charge in [-0.1, -0.05) is 54.5 Å². The second kappa shape index (κ2) is 7.54. The van der Waals surface area contributed by atoms with Crippen molar-refractivity contribution in [3.05, 3.63) is 72.0 Å². The molecule has 10 heteroatoms. The first kappa shape index (κ1) is 21.1. The minimum Gasteiger partial charge on any atom is -0.480 e. The van der Waals surface area contributed by atoms with Crippen LogP contribution in [0, 0.1) is 5.92 Å². The van der Waals surface area contributed by atoms with E-state index in [0.717, 1.165) is 11.6 Å². The van der Waals surface area contributed by atoms with Crippen LogP contribution in [0.1, 0.15) is 30.6 Å². The monoisotopic (exact) mass is 448 g/mol. The Morgan fingerprint density at radius 2 is 1.81 bits per heavy atom. The first-order chi connectivity index (χ1) is 14.7. The SMILES string of the molecule is CC1[C@H](c2ccccc2)[C@]1(NS(=O)(=O)c1ccc(-c2cc(C(F)F)on2)cc1)C(=O)O. The van der Waals surface area contributed by atoms with Gasteiger partial charge in [0.1, 0.15) is 11.2 Å². The molecule has 0 saturated heterocycles. The van der Waals surface area contributed by atoms with Gasteiger partial charge in [-0.05, 0) is 23.6 Å². The molecule has 31 heavy (non-hydrogen) atoms. The smallest absolute Gasteiger partial charge is 0.325 e. The van der Waals surface area contributed by atoms with Crippen molar-refractivity contribution in [1.82, 2.24) is 9.88 Å². The Kier molecular flexibility index (Phi) is 5.14. The number of nitrogens with one attached hydrogen (secondary N) is 1. The zero-order valence-corrected chi connectivity index (χ0v) is 17.0. The van der Waals surface area contributed by atoms with Crippen LogP contribution in [0.3, 0.4) is 0 Å². The first-order valence-electron chi connectivity index (χ1n) is 9.34. The predicted octanol–water partition coefficient (Wildman–Crippen LogP) is 3.81. The Labute approximate surface area is 176 Å². The Morgan fingerprint density at radius 3 is 2.35 bits per heavy atom. The summed E-state index contributed by atoms with van der Waals surface area (Å²) in [5.41, 5.74) is -0.410. The van der Waals surface area contributed by atoms with Crippen LogP contribution >= 0.6 is 0 Å². The topological polar surface area (TPSA) is 110 Å². The van der Waals surface area contributed by atoms with Gasteiger partial charge in [0.15, 0.2) is 0 Å². The maximum atomic E-state index is 12.9. The standard InChI is InChI=1S/C21H18F2N2O5S/c1-12-18(14-5-3-2-4-6-14)21(12,20(26)27)25-31(28,29)15-9-7-13(8-10-15)16-11-17(19(22)23)30-24-16/h2-12,18-19,25H,1H3,(H,26,27)/t12?,18-,21+/m1/s1. The molecule has 3 atom stereocenters. The average molecular weight is 448 g/mol. The van der Waals surface area contributed by atoms with Gasteiger partial charge in [0, 0.05) is 17.5 Å². The molecule has 1 unspecified atom stereocenters. The van der Waals surface area contributed by atoms with E-state index in [1.165, 1.54) is 24.3 Å². The number of alkyl halides is 2. The minimum atomic E-state index is -4.18. The molecule has 1 aliphatic rings.